The van der Waals surface area contributed by atoms with Crippen molar-refractivity contribution in [3.63, 3.8) is 0 Å². The van der Waals surface area contributed by atoms with Gasteiger partial charge >= 0.3 is 0 Å². The summed E-state index contributed by atoms with van der Waals surface area (Å²) in [5.41, 5.74) is 1.09. The SMILES string of the molecule is CCNC1C(CN2CCC(CC)(CC)C2)CCCC1(C)C. The Kier molecular flexibility index (Phi) is 5.76. The third-order valence-electron chi connectivity index (χ3n) is 6.64. The topological polar surface area (TPSA) is 15.3 Å². The number of nitrogens with zero attached hydrogens (tertiary/aromatic N) is 1. The number of rotatable bonds is 6. The van der Waals surface area contributed by atoms with Crippen molar-refractivity contribution >= 4 is 0 Å². The fraction of sp³-hybridized carbons (Fsp3) is 1.00. The van der Waals surface area contributed by atoms with E-state index in [1.807, 2.05) is 0 Å². The van der Waals surface area contributed by atoms with E-state index in [-0.39, 0.29) is 0 Å². The molecular weight excluding hydrogens is 256 g/mol. The smallest absolute Gasteiger partial charge is 0.0159 e. The second-order valence-electron chi connectivity index (χ2n) is 8.37. The van der Waals surface area contributed by atoms with Crippen molar-refractivity contribution in [3.8, 4) is 0 Å². The van der Waals surface area contributed by atoms with E-state index < -0.39 is 0 Å². The van der Waals surface area contributed by atoms with Gasteiger partial charge in [0.05, 0.1) is 0 Å². The van der Waals surface area contributed by atoms with Crippen molar-refractivity contribution in [2.75, 3.05) is 26.2 Å². The van der Waals surface area contributed by atoms with Crippen LogP contribution in [0.25, 0.3) is 0 Å². The maximum atomic E-state index is 3.82. The van der Waals surface area contributed by atoms with Gasteiger partial charge in [-0.15, -0.1) is 0 Å². The Morgan fingerprint density at radius 2 is 1.81 bits per heavy atom. The molecule has 2 atom stereocenters. The van der Waals surface area contributed by atoms with Crippen molar-refractivity contribution in [2.45, 2.75) is 79.2 Å². The van der Waals surface area contributed by atoms with E-state index in [0.717, 1.165) is 12.5 Å². The Morgan fingerprint density at radius 1 is 1.10 bits per heavy atom. The highest BCUT2D eigenvalue weighted by Gasteiger charge is 2.41. The Bertz CT molecular complexity index is 320. The van der Waals surface area contributed by atoms with E-state index in [9.17, 15) is 0 Å². The van der Waals surface area contributed by atoms with Crippen molar-refractivity contribution < 1.29 is 0 Å². The van der Waals surface area contributed by atoms with E-state index >= 15 is 0 Å². The molecule has 1 N–H and O–H groups in total. The molecule has 2 unspecified atom stereocenters. The van der Waals surface area contributed by atoms with E-state index in [1.165, 1.54) is 58.2 Å². The van der Waals surface area contributed by atoms with Gasteiger partial charge in [0.25, 0.3) is 0 Å². The first-order chi connectivity index (χ1) is 9.96. The molecule has 1 heterocycles. The third kappa shape index (κ3) is 3.82. The Hall–Kier alpha value is -0.0800. The summed E-state index contributed by atoms with van der Waals surface area (Å²) in [6, 6.07) is 0.703. The maximum absolute atomic E-state index is 3.82. The number of hydrogen-bond acceptors (Lipinski definition) is 2. The highest BCUT2D eigenvalue weighted by atomic mass is 15.2. The highest BCUT2D eigenvalue weighted by Crippen LogP contribution is 2.42. The van der Waals surface area contributed by atoms with Crippen LogP contribution in [-0.2, 0) is 0 Å². The number of likely N-dealkylation sites (tertiary alicyclic amines) is 1. The molecule has 2 rings (SSSR count). The van der Waals surface area contributed by atoms with Gasteiger partial charge in [0.1, 0.15) is 0 Å². The van der Waals surface area contributed by atoms with Crippen LogP contribution in [0.1, 0.15) is 73.1 Å². The molecule has 0 bridgehead atoms. The minimum absolute atomic E-state index is 0.464. The molecule has 1 aliphatic heterocycles. The lowest BCUT2D eigenvalue weighted by Gasteiger charge is -2.46. The summed E-state index contributed by atoms with van der Waals surface area (Å²) < 4.78 is 0. The molecule has 2 fully saturated rings. The molecular formula is C19H38N2. The van der Waals surface area contributed by atoms with Gasteiger partial charge in [-0.2, -0.15) is 0 Å². The van der Waals surface area contributed by atoms with Crippen LogP contribution < -0.4 is 5.32 Å². The molecule has 0 aromatic rings. The maximum Gasteiger partial charge on any atom is 0.0159 e. The van der Waals surface area contributed by atoms with Crippen LogP contribution in [0.2, 0.25) is 0 Å². The van der Waals surface area contributed by atoms with Crippen LogP contribution in [-0.4, -0.2) is 37.1 Å². The predicted octanol–water partition coefficient (Wildman–Crippen LogP) is 4.30. The van der Waals surface area contributed by atoms with Gasteiger partial charge in [0.15, 0.2) is 0 Å². The summed E-state index contributed by atoms with van der Waals surface area (Å²) in [6.45, 7) is 17.1. The fourth-order valence-electron chi connectivity index (χ4n) is 4.98. The predicted molar refractivity (Wildman–Crippen MR) is 92.7 cm³/mol. The molecule has 1 saturated heterocycles. The number of hydrogen-bond donors (Lipinski definition) is 1. The van der Waals surface area contributed by atoms with Crippen molar-refractivity contribution in [1.29, 1.82) is 0 Å². The molecule has 1 saturated carbocycles. The monoisotopic (exact) mass is 294 g/mol. The number of nitrogens with one attached hydrogen (secondary N) is 1. The normalized spacial score (nSPS) is 32.4. The van der Waals surface area contributed by atoms with E-state index in [1.54, 1.807) is 0 Å². The largest absolute Gasteiger partial charge is 0.313 e. The van der Waals surface area contributed by atoms with Gasteiger partial charge in [0, 0.05) is 19.1 Å². The summed E-state index contributed by atoms with van der Waals surface area (Å²) in [5, 5.41) is 3.82. The molecule has 0 aromatic carbocycles. The molecule has 2 heteroatoms. The highest BCUT2D eigenvalue weighted by molar-refractivity contribution is 4.96. The van der Waals surface area contributed by atoms with Crippen molar-refractivity contribution in [1.82, 2.24) is 10.2 Å². The van der Waals surface area contributed by atoms with Crippen molar-refractivity contribution in [3.05, 3.63) is 0 Å². The summed E-state index contributed by atoms with van der Waals surface area (Å²) in [5.74, 6) is 0.846. The molecule has 0 spiro atoms. The van der Waals surface area contributed by atoms with Gasteiger partial charge in [-0.3, -0.25) is 0 Å². The lowest BCUT2D eigenvalue weighted by Crippen LogP contribution is -2.52. The van der Waals surface area contributed by atoms with Crippen LogP contribution >= 0.6 is 0 Å². The fourth-order valence-corrected chi connectivity index (χ4v) is 4.98. The van der Waals surface area contributed by atoms with Crippen LogP contribution in [0, 0.1) is 16.7 Å². The first-order valence-corrected chi connectivity index (χ1v) is 9.42. The molecule has 0 aromatic heterocycles. The molecule has 2 nitrogen and oxygen atoms in total. The minimum atomic E-state index is 0.464. The van der Waals surface area contributed by atoms with Gasteiger partial charge in [0.2, 0.25) is 0 Å². The summed E-state index contributed by atoms with van der Waals surface area (Å²) in [6.07, 6.45) is 8.35. The Balaban J connectivity index is 1.98. The lowest BCUT2D eigenvalue weighted by atomic mass is 9.67. The second kappa shape index (κ2) is 7.00. The van der Waals surface area contributed by atoms with E-state index in [0.29, 0.717) is 16.9 Å². The summed E-state index contributed by atoms with van der Waals surface area (Å²) >= 11 is 0. The van der Waals surface area contributed by atoms with E-state index in [4.69, 9.17) is 0 Å². The molecule has 2 aliphatic rings. The Morgan fingerprint density at radius 3 is 2.38 bits per heavy atom. The zero-order valence-electron chi connectivity index (χ0n) is 15.2. The zero-order chi connectivity index (χ0) is 15.5. The standard InChI is InChI=1S/C19H38N2/c1-6-19(7-2)12-13-21(15-19)14-16-10-9-11-18(4,5)17(16)20-8-3/h16-17,20H,6-15H2,1-5H3. The average molecular weight is 295 g/mol. The zero-order valence-corrected chi connectivity index (χ0v) is 15.2. The first-order valence-electron chi connectivity index (χ1n) is 9.42. The van der Waals surface area contributed by atoms with Crippen LogP contribution in [0.3, 0.4) is 0 Å². The summed E-state index contributed by atoms with van der Waals surface area (Å²) in [4.78, 5) is 2.78. The van der Waals surface area contributed by atoms with Crippen LogP contribution in [0.5, 0.6) is 0 Å². The molecule has 124 valence electrons. The molecule has 0 radical (unpaired) electrons. The molecule has 1 aliphatic carbocycles. The minimum Gasteiger partial charge on any atom is -0.313 e. The molecule has 0 amide bonds. The van der Waals surface area contributed by atoms with Crippen molar-refractivity contribution in [2.24, 2.45) is 16.7 Å². The second-order valence-corrected chi connectivity index (χ2v) is 8.37. The van der Waals surface area contributed by atoms with Gasteiger partial charge in [-0.1, -0.05) is 41.0 Å². The van der Waals surface area contributed by atoms with Gasteiger partial charge in [-0.05, 0) is 61.9 Å². The van der Waals surface area contributed by atoms with Gasteiger partial charge < -0.3 is 10.2 Å². The van der Waals surface area contributed by atoms with Gasteiger partial charge in [-0.25, -0.2) is 0 Å². The Labute approximate surface area is 133 Å². The van der Waals surface area contributed by atoms with Crippen LogP contribution in [0.4, 0.5) is 0 Å². The van der Waals surface area contributed by atoms with Crippen LogP contribution in [0.15, 0.2) is 0 Å². The summed E-state index contributed by atoms with van der Waals surface area (Å²) in [7, 11) is 0. The first kappa shape index (κ1) is 17.3. The van der Waals surface area contributed by atoms with E-state index in [2.05, 4.69) is 44.8 Å². The third-order valence-corrected chi connectivity index (χ3v) is 6.64. The molecule has 21 heavy (non-hydrogen) atoms. The quantitative estimate of drug-likeness (QED) is 0.785. The lowest BCUT2D eigenvalue weighted by molar-refractivity contribution is 0.0821. The average Bonchev–Trinajstić information content (AvgIpc) is 2.86.